The first-order valence-corrected chi connectivity index (χ1v) is 13.5. The molecule has 3 N–H and O–H groups in total. The Morgan fingerprint density at radius 1 is 1.36 bits per heavy atom. The number of amides is 2. The fourth-order valence-electron chi connectivity index (χ4n) is 6.04. The molecule has 0 unspecified atom stereocenters. The molecule has 2 aliphatic heterocycles. The van der Waals surface area contributed by atoms with Crippen LogP contribution in [-0.2, 0) is 11.2 Å². The number of aromatic amines is 1. The van der Waals surface area contributed by atoms with Crippen molar-refractivity contribution in [2.75, 3.05) is 32.1 Å². The molecule has 9 nitrogen and oxygen atoms in total. The molecule has 2 amide bonds. The Morgan fingerprint density at radius 3 is 2.95 bits per heavy atom. The van der Waals surface area contributed by atoms with E-state index in [1.807, 2.05) is 23.1 Å². The summed E-state index contributed by atoms with van der Waals surface area (Å²) in [6, 6.07) is 7.26. The first kappa shape index (κ1) is 25.3. The summed E-state index contributed by atoms with van der Waals surface area (Å²) in [4.78, 5) is 35.1. The van der Waals surface area contributed by atoms with E-state index in [1.54, 1.807) is 25.6 Å². The summed E-state index contributed by atoms with van der Waals surface area (Å²) in [5.74, 6) is 0.798. The molecule has 1 atom stereocenters. The number of nitrogens with zero attached hydrogens (tertiary/aromatic N) is 2. The fraction of sp³-hybridized carbons (Fsp3) is 0.345. The molecule has 4 heterocycles. The number of para-hydroxylation sites is 1. The number of hydrogen-bond acceptors (Lipinski definition) is 6. The van der Waals surface area contributed by atoms with E-state index in [9.17, 15) is 9.59 Å². The van der Waals surface area contributed by atoms with Crippen LogP contribution in [0.2, 0.25) is 5.02 Å². The minimum absolute atomic E-state index is 0.0132. The van der Waals surface area contributed by atoms with Gasteiger partial charge < -0.3 is 30.0 Å². The Hall–Kier alpha value is -3.98. The van der Waals surface area contributed by atoms with Crippen molar-refractivity contribution < 1.29 is 19.1 Å². The molecule has 2 aromatic heterocycles. The molecule has 202 valence electrons. The van der Waals surface area contributed by atoms with Crippen LogP contribution in [-0.4, -0.2) is 59.5 Å². The van der Waals surface area contributed by atoms with Crippen LogP contribution >= 0.6 is 11.6 Å². The number of methoxy groups -OCH3 is 1. The summed E-state index contributed by atoms with van der Waals surface area (Å²) in [5, 5.41) is 6.79. The number of anilines is 2. The Bertz CT molecular complexity index is 1460. The van der Waals surface area contributed by atoms with Crippen molar-refractivity contribution in [2.45, 2.75) is 31.7 Å². The van der Waals surface area contributed by atoms with E-state index in [0.29, 0.717) is 58.7 Å². The largest absolute Gasteiger partial charge is 0.493 e. The van der Waals surface area contributed by atoms with Crippen molar-refractivity contribution in [1.29, 1.82) is 0 Å². The Kier molecular flexibility index (Phi) is 6.46. The summed E-state index contributed by atoms with van der Waals surface area (Å²) in [6.45, 7) is 5.30. The molecular weight excluding hydrogens is 518 g/mol. The molecule has 0 radical (unpaired) electrons. The average molecular weight is 548 g/mol. The van der Waals surface area contributed by atoms with Gasteiger partial charge in [0.25, 0.3) is 5.91 Å². The minimum atomic E-state index is -0.168. The van der Waals surface area contributed by atoms with E-state index in [4.69, 9.17) is 21.1 Å². The van der Waals surface area contributed by atoms with E-state index >= 15 is 0 Å². The lowest BCUT2D eigenvalue weighted by Gasteiger charge is -2.61. The first-order chi connectivity index (χ1) is 19.0. The second-order valence-electron chi connectivity index (χ2n) is 10.3. The van der Waals surface area contributed by atoms with Gasteiger partial charge in [0.05, 0.1) is 47.0 Å². The molecule has 2 fully saturated rings. The van der Waals surface area contributed by atoms with Crippen molar-refractivity contribution in [3.63, 3.8) is 0 Å². The standard InChI is InChI=1S/C29H30ClN5O4/c1-3-23(36)35-16-29(10-5-11-29)22(35)15-39-21-14-31-12-8-17(21)25-26(24-19(33-25)9-13-32-28(24)37)34-20-7-4-6-18(30)27(20)38-2/h3-4,6-8,12,14,22,33-34H,1,5,9-11,13,15-16H2,2H3,(H,32,37)/t22-/m0/s1. The normalized spacial score (nSPS) is 18.9. The van der Waals surface area contributed by atoms with Gasteiger partial charge in [-0.25, -0.2) is 0 Å². The highest BCUT2D eigenvalue weighted by molar-refractivity contribution is 6.32. The minimum Gasteiger partial charge on any atom is -0.493 e. The molecule has 3 aliphatic rings. The second-order valence-corrected chi connectivity index (χ2v) is 10.7. The fourth-order valence-corrected chi connectivity index (χ4v) is 6.29. The average Bonchev–Trinajstić information content (AvgIpc) is 3.27. The van der Waals surface area contributed by atoms with Crippen LogP contribution in [0.5, 0.6) is 11.5 Å². The lowest BCUT2D eigenvalue weighted by Crippen LogP contribution is -2.70. The van der Waals surface area contributed by atoms with Gasteiger partial charge in [0.15, 0.2) is 5.75 Å². The van der Waals surface area contributed by atoms with Gasteiger partial charge >= 0.3 is 0 Å². The summed E-state index contributed by atoms with van der Waals surface area (Å²) in [5.41, 5.74) is 4.16. The van der Waals surface area contributed by atoms with Crippen molar-refractivity contribution in [2.24, 2.45) is 5.41 Å². The van der Waals surface area contributed by atoms with Crippen LogP contribution in [0.1, 0.15) is 35.3 Å². The van der Waals surface area contributed by atoms with Gasteiger partial charge in [-0.2, -0.15) is 0 Å². The molecule has 10 heteroatoms. The number of pyridine rings is 1. The van der Waals surface area contributed by atoms with Crippen LogP contribution in [0.25, 0.3) is 11.3 Å². The van der Waals surface area contributed by atoms with Gasteiger partial charge in [0.2, 0.25) is 5.91 Å². The number of benzene rings is 1. The smallest absolute Gasteiger partial charge is 0.255 e. The van der Waals surface area contributed by atoms with Crippen molar-refractivity contribution in [3.8, 4) is 22.8 Å². The van der Waals surface area contributed by atoms with Crippen molar-refractivity contribution in [1.82, 2.24) is 20.2 Å². The SMILES string of the molecule is C=CC(=O)N1CC2(CCC2)[C@@H]1COc1cnccc1-c1[nH]c2c(c1Nc1cccc(Cl)c1OC)C(=O)NCC2. The number of halogens is 1. The number of fused-ring (bicyclic) bond motifs is 1. The molecule has 1 saturated carbocycles. The number of nitrogens with one attached hydrogen (secondary N) is 3. The molecule has 1 saturated heterocycles. The predicted molar refractivity (Wildman–Crippen MR) is 149 cm³/mol. The topological polar surface area (TPSA) is 109 Å². The third kappa shape index (κ3) is 4.21. The first-order valence-electron chi connectivity index (χ1n) is 13.1. The molecule has 0 bridgehead atoms. The summed E-state index contributed by atoms with van der Waals surface area (Å²) >= 11 is 6.38. The number of carbonyl (C=O) groups is 2. The van der Waals surface area contributed by atoms with E-state index < -0.39 is 0 Å². The van der Waals surface area contributed by atoms with Crippen LogP contribution in [0.15, 0.2) is 49.3 Å². The van der Waals surface area contributed by atoms with Crippen molar-refractivity contribution in [3.05, 3.63) is 65.6 Å². The van der Waals surface area contributed by atoms with Crippen LogP contribution in [0, 0.1) is 5.41 Å². The lowest BCUT2D eigenvalue weighted by atomic mass is 9.58. The summed E-state index contributed by atoms with van der Waals surface area (Å²) < 4.78 is 11.9. The Labute approximate surface area is 231 Å². The van der Waals surface area contributed by atoms with E-state index in [-0.39, 0.29) is 23.3 Å². The van der Waals surface area contributed by atoms with Gasteiger partial charge in [0, 0.05) is 42.4 Å². The highest BCUT2D eigenvalue weighted by atomic mass is 35.5. The molecule has 1 aliphatic carbocycles. The summed E-state index contributed by atoms with van der Waals surface area (Å²) in [6.07, 6.45) is 8.74. The van der Waals surface area contributed by atoms with Gasteiger partial charge in [-0.3, -0.25) is 14.6 Å². The van der Waals surface area contributed by atoms with E-state index in [1.165, 1.54) is 12.5 Å². The van der Waals surface area contributed by atoms with E-state index in [2.05, 4.69) is 27.2 Å². The summed E-state index contributed by atoms with van der Waals surface area (Å²) in [7, 11) is 1.55. The van der Waals surface area contributed by atoms with Gasteiger partial charge in [-0.1, -0.05) is 30.7 Å². The number of aromatic nitrogens is 2. The third-order valence-electron chi connectivity index (χ3n) is 8.22. The monoisotopic (exact) mass is 547 g/mol. The second kappa shape index (κ2) is 9.96. The zero-order chi connectivity index (χ0) is 27.1. The van der Waals surface area contributed by atoms with Gasteiger partial charge in [-0.05, 0) is 37.1 Å². The van der Waals surface area contributed by atoms with Gasteiger partial charge in [0.1, 0.15) is 12.4 Å². The van der Waals surface area contributed by atoms with Crippen LogP contribution in [0.4, 0.5) is 11.4 Å². The Morgan fingerprint density at radius 2 is 2.21 bits per heavy atom. The molecule has 39 heavy (non-hydrogen) atoms. The molecule has 1 spiro atoms. The maximum atomic E-state index is 13.0. The third-order valence-corrected chi connectivity index (χ3v) is 8.52. The van der Waals surface area contributed by atoms with E-state index in [0.717, 1.165) is 30.6 Å². The molecule has 3 aromatic rings. The van der Waals surface area contributed by atoms with Gasteiger partial charge in [-0.15, -0.1) is 0 Å². The van der Waals surface area contributed by atoms with Crippen LogP contribution < -0.4 is 20.1 Å². The maximum absolute atomic E-state index is 13.0. The lowest BCUT2D eigenvalue weighted by molar-refractivity contribution is -0.167. The van der Waals surface area contributed by atoms with Crippen molar-refractivity contribution >= 4 is 34.8 Å². The number of rotatable bonds is 8. The Balaban J connectivity index is 1.37. The predicted octanol–water partition coefficient (Wildman–Crippen LogP) is 4.71. The van der Waals surface area contributed by atoms with Crippen LogP contribution in [0.3, 0.4) is 0 Å². The highest BCUT2D eigenvalue weighted by Crippen LogP contribution is 2.53. The zero-order valence-corrected chi connectivity index (χ0v) is 22.4. The molecule has 1 aromatic carbocycles. The number of hydrogen-bond donors (Lipinski definition) is 3. The highest BCUT2D eigenvalue weighted by Gasteiger charge is 2.57. The number of likely N-dealkylation sites (tertiary alicyclic amines) is 1. The number of carbonyl (C=O) groups excluding carboxylic acids is 2. The molecular formula is C29H30ClN5O4. The zero-order valence-electron chi connectivity index (χ0n) is 21.7. The quantitative estimate of drug-likeness (QED) is 0.352. The number of H-pyrrole nitrogens is 1. The maximum Gasteiger partial charge on any atom is 0.255 e. The number of ether oxygens (including phenoxy) is 2. The molecule has 6 rings (SSSR count).